The van der Waals surface area contributed by atoms with Gasteiger partial charge in [0.15, 0.2) is 0 Å². The van der Waals surface area contributed by atoms with Crippen LogP contribution in [0.25, 0.3) is 10.8 Å². The molecule has 0 amide bonds. The zero-order valence-electron chi connectivity index (χ0n) is 21.9. The zero-order chi connectivity index (χ0) is 23.6. The van der Waals surface area contributed by atoms with Crippen molar-refractivity contribution < 1.29 is 8.85 Å². The maximum absolute atomic E-state index is 6.65. The van der Waals surface area contributed by atoms with Gasteiger partial charge in [0.05, 0.1) is 0 Å². The Morgan fingerprint density at radius 1 is 0.576 bits per heavy atom. The molecule has 3 heteroatoms. The number of hydrogen-bond acceptors (Lipinski definition) is 2. The van der Waals surface area contributed by atoms with Gasteiger partial charge in [-0.2, -0.15) is 0 Å². The Morgan fingerprint density at radius 3 is 1.67 bits per heavy atom. The van der Waals surface area contributed by atoms with Gasteiger partial charge in [-0.25, -0.2) is 0 Å². The van der Waals surface area contributed by atoms with Crippen molar-refractivity contribution in [1.29, 1.82) is 0 Å². The van der Waals surface area contributed by atoms with Gasteiger partial charge >= 0.3 is 8.56 Å². The Kier molecular flexibility index (Phi) is 14.5. The molecule has 2 rings (SSSR count). The van der Waals surface area contributed by atoms with Crippen molar-refractivity contribution in [2.75, 3.05) is 6.61 Å². The number of unbranched alkanes of at least 4 members (excludes halogenated alkanes) is 13. The molecule has 0 bridgehead atoms. The first-order chi connectivity index (χ1) is 16.2. The molecule has 0 heterocycles. The van der Waals surface area contributed by atoms with Crippen molar-refractivity contribution in [1.82, 2.24) is 0 Å². The van der Waals surface area contributed by atoms with Gasteiger partial charge in [0.1, 0.15) is 5.75 Å². The molecular formula is C30H50O2Si. The summed E-state index contributed by atoms with van der Waals surface area (Å²) in [6.07, 6.45) is 19.4. The monoisotopic (exact) mass is 470 g/mol. The van der Waals surface area contributed by atoms with Crippen molar-refractivity contribution in [3.05, 3.63) is 42.5 Å². The van der Waals surface area contributed by atoms with Gasteiger partial charge in [-0.15, -0.1) is 0 Å². The predicted octanol–water partition coefficient (Wildman–Crippen LogP) is 10.2. The first kappa shape index (κ1) is 27.9. The van der Waals surface area contributed by atoms with E-state index >= 15 is 0 Å². The van der Waals surface area contributed by atoms with E-state index in [2.05, 4.69) is 63.2 Å². The third-order valence-corrected chi connectivity index (χ3v) is 10.5. The minimum absolute atomic E-state index is 0.844. The van der Waals surface area contributed by atoms with E-state index in [9.17, 15) is 0 Å². The maximum atomic E-state index is 6.65. The second-order valence-corrected chi connectivity index (χ2v) is 13.4. The van der Waals surface area contributed by atoms with Crippen LogP contribution in [0.1, 0.15) is 111 Å². The third-order valence-electron chi connectivity index (χ3n) is 6.99. The molecule has 0 fully saturated rings. The molecule has 0 aromatic heterocycles. The molecule has 2 nitrogen and oxygen atoms in total. The first-order valence-corrected chi connectivity index (χ1v) is 16.3. The van der Waals surface area contributed by atoms with E-state index in [0.29, 0.717) is 0 Å². The Hall–Kier alpha value is -1.32. The summed E-state index contributed by atoms with van der Waals surface area (Å²) in [5.41, 5.74) is 0. The van der Waals surface area contributed by atoms with Crippen LogP contribution < -0.4 is 4.43 Å². The lowest BCUT2D eigenvalue weighted by Gasteiger charge is -2.30. The van der Waals surface area contributed by atoms with Crippen LogP contribution in [0.3, 0.4) is 0 Å². The molecule has 0 N–H and O–H groups in total. The van der Waals surface area contributed by atoms with Gasteiger partial charge in [0.25, 0.3) is 0 Å². The fourth-order valence-corrected chi connectivity index (χ4v) is 7.02. The molecule has 186 valence electrons. The molecule has 2 aromatic rings. The van der Waals surface area contributed by atoms with E-state index in [1.807, 2.05) is 0 Å². The number of rotatable bonds is 20. The molecule has 0 spiro atoms. The highest BCUT2D eigenvalue weighted by atomic mass is 28.4. The summed E-state index contributed by atoms with van der Waals surface area (Å²) in [6, 6.07) is 16.8. The van der Waals surface area contributed by atoms with Crippen molar-refractivity contribution in [2.24, 2.45) is 0 Å². The van der Waals surface area contributed by atoms with E-state index in [1.165, 1.54) is 94.2 Å². The Balaban J connectivity index is 1.57. The highest BCUT2D eigenvalue weighted by Gasteiger charge is 2.36. The van der Waals surface area contributed by atoms with Crippen LogP contribution in [0.15, 0.2) is 42.5 Å². The summed E-state index contributed by atoms with van der Waals surface area (Å²) in [5, 5.41) is 2.43. The second kappa shape index (κ2) is 17.2. The van der Waals surface area contributed by atoms with E-state index in [0.717, 1.165) is 30.9 Å². The smallest absolute Gasteiger partial charge is 0.398 e. The first-order valence-electron chi connectivity index (χ1n) is 14.1. The van der Waals surface area contributed by atoms with E-state index < -0.39 is 8.56 Å². The largest absolute Gasteiger partial charge is 0.520 e. The van der Waals surface area contributed by atoms with Crippen LogP contribution in [-0.4, -0.2) is 15.2 Å². The number of hydrogen-bond donors (Lipinski definition) is 0. The third kappa shape index (κ3) is 10.6. The maximum Gasteiger partial charge on any atom is 0.398 e. The van der Waals surface area contributed by atoms with Gasteiger partial charge in [0, 0.05) is 12.0 Å². The predicted molar refractivity (Wildman–Crippen MR) is 148 cm³/mol. The molecule has 0 saturated heterocycles. The average Bonchev–Trinajstić information content (AvgIpc) is 2.86. The number of benzene rings is 2. The fraction of sp³-hybridized carbons (Fsp3) is 0.667. The van der Waals surface area contributed by atoms with Crippen LogP contribution in [0.2, 0.25) is 12.1 Å². The van der Waals surface area contributed by atoms with Crippen LogP contribution in [-0.2, 0) is 4.43 Å². The van der Waals surface area contributed by atoms with E-state index in [4.69, 9.17) is 8.85 Å². The lowest BCUT2D eigenvalue weighted by molar-refractivity contribution is 0.231. The molecule has 0 aliphatic heterocycles. The summed E-state index contributed by atoms with van der Waals surface area (Å²) in [4.78, 5) is 0. The van der Waals surface area contributed by atoms with Crippen molar-refractivity contribution >= 4 is 19.3 Å². The summed E-state index contributed by atoms with van der Waals surface area (Å²) < 4.78 is 13.2. The molecule has 0 unspecified atom stereocenters. The van der Waals surface area contributed by atoms with Crippen LogP contribution in [0.4, 0.5) is 0 Å². The minimum Gasteiger partial charge on any atom is -0.520 e. The summed E-state index contributed by atoms with van der Waals surface area (Å²) in [6.45, 7) is 7.59. The molecule has 0 atom stereocenters. The van der Waals surface area contributed by atoms with Gasteiger partial charge in [-0.3, -0.25) is 0 Å². The SMILES string of the molecule is CCCCCCCCCCCCCCCCO[Si](CC)(CC)Oc1cccc2ccccc12. The highest BCUT2D eigenvalue weighted by molar-refractivity contribution is 6.68. The van der Waals surface area contributed by atoms with Crippen LogP contribution in [0.5, 0.6) is 5.75 Å². The minimum atomic E-state index is -2.21. The molecule has 0 radical (unpaired) electrons. The standard InChI is InChI=1S/C30H50O2Si/c1-4-7-8-9-10-11-12-13-14-15-16-17-18-21-27-31-33(5-2,6-3)32-30-26-22-24-28-23-19-20-25-29(28)30/h19-20,22-26H,4-18,21,27H2,1-3H3. The molecule has 0 aliphatic rings. The molecule has 2 aromatic carbocycles. The summed E-state index contributed by atoms with van der Waals surface area (Å²) >= 11 is 0. The van der Waals surface area contributed by atoms with Gasteiger partial charge in [-0.1, -0.05) is 141 Å². The molecule has 0 aliphatic carbocycles. The Labute approximate surface area is 205 Å². The summed E-state index contributed by atoms with van der Waals surface area (Å²) in [7, 11) is -2.21. The normalized spacial score (nSPS) is 11.8. The Bertz CT molecular complexity index is 736. The van der Waals surface area contributed by atoms with Gasteiger partial charge in [-0.05, 0) is 30.0 Å². The van der Waals surface area contributed by atoms with E-state index in [-0.39, 0.29) is 0 Å². The topological polar surface area (TPSA) is 18.5 Å². The summed E-state index contributed by atoms with van der Waals surface area (Å²) in [5.74, 6) is 0.990. The van der Waals surface area contributed by atoms with E-state index in [1.54, 1.807) is 0 Å². The Morgan fingerprint density at radius 2 is 1.09 bits per heavy atom. The van der Waals surface area contributed by atoms with Crippen LogP contribution in [0, 0.1) is 0 Å². The van der Waals surface area contributed by atoms with Gasteiger partial charge < -0.3 is 8.85 Å². The van der Waals surface area contributed by atoms with Crippen molar-refractivity contribution in [3.63, 3.8) is 0 Å². The lowest BCUT2D eigenvalue weighted by atomic mass is 10.0. The zero-order valence-corrected chi connectivity index (χ0v) is 22.9. The van der Waals surface area contributed by atoms with Crippen LogP contribution >= 0.6 is 0 Å². The quantitative estimate of drug-likeness (QED) is 0.141. The fourth-order valence-electron chi connectivity index (χ4n) is 4.67. The lowest BCUT2D eigenvalue weighted by Crippen LogP contribution is -2.44. The second-order valence-electron chi connectivity index (χ2n) is 9.64. The van der Waals surface area contributed by atoms with Crippen molar-refractivity contribution in [2.45, 2.75) is 123 Å². The molecule has 33 heavy (non-hydrogen) atoms. The average molecular weight is 471 g/mol. The molecular weight excluding hydrogens is 420 g/mol. The highest BCUT2D eigenvalue weighted by Crippen LogP contribution is 2.30. The number of fused-ring (bicyclic) bond motifs is 1. The molecule has 0 saturated carbocycles. The van der Waals surface area contributed by atoms with Gasteiger partial charge in [0.2, 0.25) is 0 Å². The van der Waals surface area contributed by atoms with Crippen molar-refractivity contribution in [3.8, 4) is 5.75 Å².